The molecule has 2 nitrogen and oxygen atoms in total. The molecule has 0 atom stereocenters. The van der Waals surface area contributed by atoms with Gasteiger partial charge in [0.25, 0.3) is 1.43 Å². The fourth-order valence-corrected chi connectivity index (χ4v) is 0.609. The predicted molar refractivity (Wildman–Crippen MR) is 39.4 cm³/mol. The summed E-state index contributed by atoms with van der Waals surface area (Å²) in [6, 6.07) is -0.362. The molecule has 2 heteroatoms. The monoisotopic (exact) mass is 142 g/mol. The standard InChI is InChI=1S/C8H10O2/c1-6-3-4-7(9)8(5-6)10-2/h3-5,9H,1-2H3/i3D,4D,5D/hD. The van der Waals surface area contributed by atoms with E-state index >= 15 is 0 Å². The zero-order valence-corrected chi connectivity index (χ0v) is 5.82. The van der Waals surface area contributed by atoms with Gasteiger partial charge < -0.3 is 9.85 Å². The number of phenols is 1. The van der Waals surface area contributed by atoms with Gasteiger partial charge in [-0.05, 0) is 24.6 Å². The number of hydrogen-bond acceptors (Lipinski definition) is 2. The summed E-state index contributed by atoms with van der Waals surface area (Å²) in [6.07, 6.45) is 0. The Morgan fingerprint density at radius 2 is 2.50 bits per heavy atom. The van der Waals surface area contributed by atoms with E-state index in [0.717, 1.165) is 0 Å². The average molecular weight is 142 g/mol. The minimum absolute atomic E-state index is 0.0178. The fraction of sp³-hybridized carbons (Fsp3) is 0.250. The Labute approximate surface area is 65.8 Å². The summed E-state index contributed by atoms with van der Waals surface area (Å²) in [6.45, 7) is 1.55. The number of aromatic hydroxyl groups is 1. The maximum Gasteiger partial charge on any atom is 0.293 e. The summed E-state index contributed by atoms with van der Waals surface area (Å²) < 4.78 is 34.1. The third-order valence-electron chi connectivity index (χ3n) is 1.07. The second kappa shape index (κ2) is 2.60. The smallest absolute Gasteiger partial charge is 0.293 e. The van der Waals surface area contributed by atoms with Gasteiger partial charge in [0, 0.05) is 0 Å². The van der Waals surface area contributed by atoms with Crippen LogP contribution in [0, 0.1) is 6.92 Å². The van der Waals surface area contributed by atoms with E-state index in [1.54, 1.807) is 6.92 Å². The number of benzene rings is 1. The van der Waals surface area contributed by atoms with Gasteiger partial charge in [-0.2, -0.15) is 0 Å². The highest BCUT2D eigenvalue weighted by atomic mass is 16.5. The summed E-state index contributed by atoms with van der Waals surface area (Å²) in [5.74, 6) is -0.161. The molecule has 0 amide bonds. The Bertz CT molecular complexity index is 330. The first kappa shape index (κ1) is 3.28. The molecular formula is C8H10O2. The maximum absolute atomic E-state index is 7.59. The molecule has 54 valence electrons. The second-order valence-electron chi connectivity index (χ2n) is 1.86. The molecule has 1 rings (SSSR count). The van der Waals surface area contributed by atoms with E-state index in [4.69, 9.17) is 10.3 Å². The van der Waals surface area contributed by atoms with Crippen LogP contribution in [0.1, 0.15) is 9.68 Å². The van der Waals surface area contributed by atoms with E-state index in [1.165, 1.54) is 7.11 Å². The first-order valence-corrected chi connectivity index (χ1v) is 2.82. The van der Waals surface area contributed by atoms with Crippen molar-refractivity contribution >= 4 is 0 Å². The van der Waals surface area contributed by atoms with Gasteiger partial charge >= 0.3 is 0 Å². The minimum atomic E-state index is -0.231. The molecule has 0 radical (unpaired) electrons. The molecule has 0 heterocycles. The summed E-state index contributed by atoms with van der Waals surface area (Å²) in [5, 5.41) is 4.18. The van der Waals surface area contributed by atoms with Crippen LogP contribution in [0.2, 0.25) is 0 Å². The molecule has 0 aliphatic heterocycles. The van der Waals surface area contributed by atoms with Crippen molar-refractivity contribution in [3.8, 4) is 11.5 Å². The minimum Gasteiger partial charge on any atom is -0.504 e. The lowest BCUT2D eigenvalue weighted by Crippen LogP contribution is -1.83. The lowest BCUT2D eigenvalue weighted by molar-refractivity contribution is 0.373. The van der Waals surface area contributed by atoms with Gasteiger partial charge in [-0.3, -0.25) is 0 Å². The van der Waals surface area contributed by atoms with Gasteiger partial charge in [0.2, 0.25) is 0 Å². The number of methoxy groups -OCH3 is 1. The van der Waals surface area contributed by atoms with Gasteiger partial charge in [0.05, 0.1) is 11.2 Å². The summed E-state index contributed by atoms with van der Waals surface area (Å²) in [7, 11) is 1.33. The van der Waals surface area contributed by atoms with Crippen molar-refractivity contribution in [2.75, 3.05) is 7.11 Å². The van der Waals surface area contributed by atoms with Gasteiger partial charge in [-0.25, -0.2) is 0 Å². The molecule has 0 aliphatic carbocycles. The molecule has 0 saturated heterocycles. The molecule has 0 bridgehead atoms. The first-order chi connectivity index (χ1) is 6.54. The van der Waals surface area contributed by atoms with Crippen molar-refractivity contribution in [2.24, 2.45) is 0 Å². The average Bonchev–Trinajstić information content (AvgIpc) is 2.20. The molecule has 1 aromatic rings. The molecule has 0 aliphatic rings. The Kier molecular flexibility index (Phi) is 0.854. The molecule has 0 aromatic heterocycles. The number of ether oxygens (including phenoxy) is 1. The van der Waals surface area contributed by atoms with E-state index in [-0.39, 0.29) is 29.6 Å². The normalized spacial score (nSPS) is 14.6. The molecule has 0 saturated carbocycles. The van der Waals surface area contributed by atoms with Crippen LogP contribution >= 0.6 is 0 Å². The zero-order valence-electron chi connectivity index (χ0n) is 9.82. The van der Waals surface area contributed by atoms with Crippen LogP contribution in [0.3, 0.4) is 0 Å². The molecule has 0 spiro atoms. The topological polar surface area (TPSA) is 29.5 Å². The van der Waals surface area contributed by atoms with Gasteiger partial charge in [0.15, 0.2) is 11.5 Å². The molecule has 1 aromatic carbocycles. The summed E-state index contributed by atoms with van der Waals surface area (Å²) in [5.41, 5.74) is 0.340. The molecule has 0 unspecified atom stereocenters. The Morgan fingerprint density at radius 3 is 3.10 bits per heavy atom. The first-order valence-electron chi connectivity index (χ1n) is 4.72. The highest BCUT2D eigenvalue weighted by molar-refractivity contribution is 5.41. The van der Waals surface area contributed by atoms with E-state index < -0.39 is 0 Å². The third kappa shape index (κ3) is 1.21. The van der Waals surface area contributed by atoms with Crippen LogP contribution in [-0.2, 0) is 0 Å². The van der Waals surface area contributed by atoms with E-state index in [2.05, 4.69) is 5.11 Å². The van der Waals surface area contributed by atoms with E-state index in [9.17, 15) is 0 Å². The lowest BCUT2D eigenvalue weighted by atomic mass is 10.2. The predicted octanol–water partition coefficient (Wildman–Crippen LogP) is 1.71. The Balaban J connectivity index is 3.57. The van der Waals surface area contributed by atoms with Crippen molar-refractivity contribution in [3.63, 3.8) is 0 Å². The van der Waals surface area contributed by atoms with Crippen LogP contribution < -0.4 is 4.74 Å². The molecular weight excluding hydrogens is 128 g/mol. The van der Waals surface area contributed by atoms with Crippen molar-refractivity contribution in [3.05, 3.63) is 23.7 Å². The largest absolute Gasteiger partial charge is 0.504 e. The van der Waals surface area contributed by atoms with Crippen LogP contribution in [0.4, 0.5) is 0 Å². The van der Waals surface area contributed by atoms with Crippen molar-refractivity contribution in [2.45, 2.75) is 6.92 Å². The summed E-state index contributed by atoms with van der Waals surface area (Å²) >= 11 is 0. The van der Waals surface area contributed by atoms with Gasteiger partial charge in [0.1, 0.15) is 0 Å². The van der Waals surface area contributed by atoms with Gasteiger partial charge in [-0.1, -0.05) is 6.04 Å². The van der Waals surface area contributed by atoms with Crippen LogP contribution in [0.15, 0.2) is 18.1 Å². The summed E-state index contributed by atoms with van der Waals surface area (Å²) in [4.78, 5) is 0. The number of rotatable bonds is 2. The van der Waals surface area contributed by atoms with Crippen molar-refractivity contribution < 1.29 is 14.0 Å². The molecule has 10 heavy (non-hydrogen) atoms. The second-order valence-corrected chi connectivity index (χ2v) is 1.86. The maximum atomic E-state index is 7.59. The fourth-order valence-electron chi connectivity index (χ4n) is 0.609. The third-order valence-corrected chi connectivity index (χ3v) is 1.07. The van der Waals surface area contributed by atoms with Crippen molar-refractivity contribution in [1.82, 2.24) is 0 Å². The quantitative estimate of drug-likeness (QED) is 0.681. The van der Waals surface area contributed by atoms with Crippen LogP contribution in [0.25, 0.3) is 0 Å². The Hall–Kier alpha value is -1.18. The lowest BCUT2D eigenvalue weighted by Gasteiger charge is -2.02. The number of hydrogen-bond donors (Lipinski definition) is 1. The van der Waals surface area contributed by atoms with Crippen molar-refractivity contribution in [1.29, 1.82) is 1.43 Å². The highest BCUT2D eigenvalue weighted by Crippen LogP contribution is 2.25. The van der Waals surface area contributed by atoms with Crippen LogP contribution in [0.5, 0.6) is 11.5 Å². The zero-order chi connectivity index (χ0) is 10.9. The Morgan fingerprint density at radius 1 is 1.70 bits per heavy atom. The SMILES string of the molecule is [2H]Oc1c([2H])c([2H])c(C)c([2H])c1OC. The number of phenolic OH excluding ortho intramolecular Hbond substituents is 1. The highest BCUT2D eigenvalue weighted by Gasteiger charge is 1.97. The molecule has 0 fully saturated rings. The van der Waals surface area contributed by atoms with Gasteiger partial charge in [-0.15, -0.1) is 0 Å². The molecule has 1 N–H and O–H groups in total. The van der Waals surface area contributed by atoms with E-state index in [1.807, 2.05) is 0 Å². The van der Waals surface area contributed by atoms with Crippen LogP contribution in [-0.4, -0.2) is 13.6 Å². The van der Waals surface area contributed by atoms with E-state index in [0.29, 0.717) is 5.56 Å².